The van der Waals surface area contributed by atoms with Crippen molar-refractivity contribution in [3.63, 3.8) is 0 Å². The number of hydrogen-bond acceptors (Lipinski definition) is 8. The summed E-state index contributed by atoms with van der Waals surface area (Å²) in [6, 6.07) is 12.5. The fourth-order valence-electron chi connectivity index (χ4n) is 4.79. The van der Waals surface area contributed by atoms with E-state index in [2.05, 4.69) is 9.98 Å². The van der Waals surface area contributed by atoms with Crippen molar-refractivity contribution in [3.05, 3.63) is 90.7 Å². The Morgan fingerprint density at radius 2 is 1.95 bits per heavy atom. The van der Waals surface area contributed by atoms with Gasteiger partial charge in [-0.15, -0.1) is 0 Å². The quantitative estimate of drug-likeness (QED) is 0.234. The number of carbonyl (C=O) groups excluding carboxylic acids is 1. The van der Waals surface area contributed by atoms with E-state index in [9.17, 15) is 9.59 Å². The van der Waals surface area contributed by atoms with Gasteiger partial charge < -0.3 is 23.9 Å². The number of aromatic nitrogens is 2. The predicted octanol–water partition coefficient (Wildman–Crippen LogP) is 3.70. The van der Waals surface area contributed by atoms with Crippen LogP contribution >= 0.6 is 11.3 Å². The van der Waals surface area contributed by atoms with E-state index in [1.54, 1.807) is 24.7 Å². The molecule has 1 N–H and O–H groups in total. The molecule has 208 valence electrons. The van der Waals surface area contributed by atoms with Crippen molar-refractivity contribution in [2.45, 2.75) is 26.3 Å². The molecule has 1 aliphatic rings. The Bertz CT molecular complexity index is 1760. The van der Waals surface area contributed by atoms with Crippen molar-refractivity contribution in [2.24, 2.45) is 4.99 Å². The highest BCUT2D eigenvalue weighted by atomic mass is 32.1. The summed E-state index contributed by atoms with van der Waals surface area (Å²) in [5.74, 6) is 0.409. The number of nitrogens with zero attached hydrogens (tertiary/aromatic N) is 2. The molecule has 0 saturated heterocycles. The molecule has 2 aromatic carbocycles. The fraction of sp³-hybridized carbons (Fsp3) is 0.300. The zero-order chi connectivity index (χ0) is 28.2. The summed E-state index contributed by atoms with van der Waals surface area (Å²) >= 11 is 1.28. The number of carbonyl (C=O) groups is 1. The normalized spacial score (nSPS) is 15.2. The molecule has 0 spiro atoms. The van der Waals surface area contributed by atoms with Gasteiger partial charge in [-0.3, -0.25) is 9.36 Å². The molecule has 0 bridgehead atoms. The number of methoxy groups -OCH3 is 2. The third-order valence-corrected chi connectivity index (χ3v) is 7.63. The molecule has 0 radical (unpaired) electrons. The maximum atomic E-state index is 14.1. The Kier molecular flexibility index (Phi) is 8.18. The number of aromatic amines is 1. The number of esters is 1. The smallest absolute Gasteiger partial charge is 0.338 e. The van der Waals surface area contributed by atoms with E-state index < -0.39 is 12.0 Å². The van der Waals surface area contributed by atoms with E-state index >= 15 is 0 Å². The van der Waals surface area contributed by atoms with E-state index in [1.807, 2.05) is 55.6 Å². The number of fused-ring (bicyclic) bond motifs is 2. The van der Waals surface area contributed by atoms with Gasteiger partial charge >= 0.3 is 5.97 Å². The van der Waals surface area contributed by atoms with Crippen molar-refractivity contribution in [3.8, 4) is 11.5 Å². The number of allylic oxidation sites excluding steroid dienone is 1. The molecule has 0 saturated carbocycles. The summed E-state index contributed by atoms with van der Waals surface area (Å²) in [6.45, 7) is 4.51. The Morgan fingerprint density at radius 1 is 1.12 bits per heavy atom. The van der Waals surface area contributed by atoms with E-state index in [1.165, 1.54) is 18.4 Å². The van der Waals surface area contributed by atoms with Gasteiger partial charge in [0.25, 0.3) is 5.56 Å². The lowest BCUT2D eigenvalue weighted by Crippen LogP contribution is -2.40. The van der Waals surface area contributed by atoms with Gasteiger partial charge in [-0.2, -0.15) is 0 Å². The molecule has 40 heavy (non-hydrogen) atoms. The zero-order valence-electron chi connectivity index (χ0n) is 22.9. The average molecular weight is 562 g/mol. The molecule has 1 aliphatic heterocycles. The summed E-state index contributed by atoms with van der Waals surface area (Å²) in [6.07, 6.45) is 4.50. The molecular weight excluding hydrogens is 530 g/mol. The van der Waals surface area contributed by atoms with E-state index in [4.69, 9.17) is 18.9 Å². The van der Waals surface area contributed by atoms with Crippen molar-refractivity contribution in [2.75, 3.05) is 34.0 Å². The predicted molar refractivity (Wildman–Crippen MR) is 154 cm³/mol. The molecule has 4 aromatic rings. The molecule has 0 amide bonds. The summed E-state index contributed by atoms with van der Waals surface area (Å²) in [5, 5.41) is 1.01. The molecular formula is C30H31N3O6S. The molecule has 3 heterocycles. The van der Waals surface area contributed by atoms with E-state index in [0.717, 1.165) is 22.9 Å². The van der Waals surface area contributed by atoms with E-state index in [-0.39, 0.29) is 24.3 Å². The minimum Gasteiger partial charge on any atom is -0.493 e. The second-order valence-electron chi connectivity index (χ2n) is 9.23. The highest BCUT2D eigenvalue weighted by Crippen LogP contribution is 2.40. The minimum atomic E-state index is -0.835. The number of H-pyrrole nitrogens is 1. The molecule has 1 atom stereocenters. The standard InChI is InChI=1S/C30H31N3O6S/c1-5-13-38-27-21(10-8-12-23(27)37-4)26-25(29(35)39-15-14-36-3)18(2)32-30-33(26)28(34)24(40-30)16-19-17-31-22-11-7-6-9-20(19)22/h6-12,16-17,26,31H,5,13-15H2,1-4H3/b24-16+/t26-/m0/s1. The van der Waals surface area contributed by atoms with Crippen LogP contribution < -0.4 is 24.4 Å². The number of thiazole rings is 1. The topological polar surface area (TPSA) is 104 Å². The third-order valence-electron chi connectivity index (χ3n) is 6.64. The van der Waals surface area contributed by atoms with Gasteiger partial charge in [-0.05, 0) is 31.6 Å². The largest absolute Gasteiger partial charge is 0.493 e. The molecule has 0 fully saturated rings. The lowest BCUT2D eigenvalue weighted by Gasteiger charge is -2.27. The van der Waals surface area contributed by atoms with Crippen molar-refractivity contribution >= 4 is 34.3 Å². The van der Waals surface area contributed by atoms with Crippen LogP contribution in [0.25, 0.3) is 17.0 Å². The van der Waals surface area contributed by atoms with Gasteiger partial charge in [0.05, 0.1) is 36.1 Å². The van der Waals surface area contributed by atoms with Gasteiger partial charge in [0.15, 0.2) is 16.3 Å². The van der Waals surface area contributed by atoms with Crippen molar-refractivity contribution in [1.29, 1.82) is 0 Å². The molecule has 0 aliphatic carbocycles. The molecule has 2 aromatic heterocycles. The van der Waals surface area contributed by atoms with Crippen LogP contribution in [0.2, 0.25) is 0 Å². The average Bonchev–Trinajstić information content (AvgIpc) is 3.51. The second kappa shape index (κ2) is 11.9. The number of benzene rings is 2. The monoisotopic (exact) mass is 561 g/mol. The first-order chi connectivity index (χ1) is 19.5. The van der Waals surface area contributed by atoms with Crippen LogP contribution in [0.5, 0.6) is 11.5 Å². The Labute approximate surface area is 235 Å². The molecule has 10 heteroatoms. The van der Waals surface area contributed by atoms with Crippen LogP contribution in [0.4, 0.5) is 0 Å². The van der Waals surface area contributed by atoms with Gasteiger partial charge in [0.1, 0.15) is 12.6 Å². The zero-order valence-corrected chi connectivity index (χ0v) is 23.7. The lowest BCUT2D eigenvalue weighted by atomic mass is 9.94. The molecule has 0 unspecified atom stereocenters. The number of para-hydroxylation sites is 2. The first-order valence-corrected chi connectivity index (χ1v) is 13.8. The van der Waals surface area contributed by atoms with Gasteiger partial charge in [-0.25, -0.2) is 9.79 Å². The Morgan fingerprint density at radius 3 is 2.73 bits per heavy atom. The highest BCUT2D eigenvalue weighted by Gasteiger charge is 2.36. The van der Waals surface area contributed by atoms with Crippen LogP contribution in [-0.4, -0.2) is 49.6 Å². The number of rotatable bonds is 10. The van der Waals surface area contributed by atoms with Crippen LogP contribution in [-0.2, 0) is 14.3 Å². The highest BCUT2D eigenvalue weighted by molar-refractivity contribution is 7.07. The van der Waals surface area contributed by atoms with Gasteiger partial charge in [0.2, 0.25) is 0 Å². The molecule has 5 rings (SSSR count). The first kappa shape index (κ1) is 27.4. The Balaban J connectivity index is 1.73. The fourth-order valence-corrected chi connectivity index (χ4v) is 5.83. The second-order valence-corrected chi connectivity index (χ2v) is 10.2. The molecule has 9 nitrogen and oxygen atoms in total. The van der Waals surface area contributed by atoms with Gasteiger partial charge in [-0.1, -0.05) is 48.6 Å². The SMILES string of the molecule is CCCOc1c(OC)cccc1[C@H]1C(C(=O)OCCOC)=C(C)N=c2s/c(=C/c3c[nH]c4ccccc34)c(=O)n21. The summed E-state index contributed by atoms with van der Waals surface area (Å²) in [7, 11) is 3.10. The van der Waals surface area contributed by atoms with Crippen LogP contribution in [0.3, 0.4) is 0 Å². The summed E-state index contributed by atoms with van der Waals surface area (Å²) in [5.41, 5.74) is 2.94. The van der Waals surface area contributed by atoms with Crippen LogP contribution in [0.1, 0.15) is 37.4 Å². The maximum absolute atomic E-state index is 14.1. The summed E-state index contributed by atoms with van der Waals surface area (Å²) < 4.78 is 24.4. The third kappa shape index (κ3) is 5.07. The van der Waals surface area contributed by atoms with Crippen molar-refractivity contribution in [1.82, 2.24) is 9.55 Å². The van der Waals surface area contributed by atoms with Crippen LogP contribution in [0.15, 0.2) is 69.7 Å². The van der Waals surface area contributed by atoms with Gasteiger partial charge in [0, 0.05) is 35.3 Å². The van der Waals surface area contributed by atoms with E-state index in [0.29, 0.717) is 38.7 Å². The maximum Gasteiger partial charge on any atom is 0.338 e. The summed E-state index contributed by atoms with van der Waals surface area (Å²) in [4.78, 5) is 36.0. The lowest BCUT2D eigenvalue weighted by molar-refractivity contribution is -0.140. The minimum absolute atomic E-state index is 0.0706. The first-order valence-electron chi connectivity index (χ1n) is 13.0. The van der Waals surface area contributed by atoms with Crippen molar-refractivity contribution < 1.29 is 23.7 Å². The Hall–Kier alpha value is -4.15. The van der Waals surface area contributed by atoms with Crippen LogP contribution in [0, 0.1) is 0 Å². The number of hydrogen-bond donors (Lipinski definition) is 1. The number of nitrogens with one attached hydrogen (secondary N) is 1. The number of ether oxygens (including phenoxy) is 4.